The maximum Gasteiger partial charge on any atom is 0.305 e. The van der Waals surface area contributed by atoms with Gasteiger partial charge in [0.25, 0.3) is 0 Å². The Bertz CT molecular complexity index is 100. The predicted octanol–water partition coefficient (Wildman–Crippen LogP) is 3.55. The summed E-state index contributed by atoms with van der Waals surface area (Å²) in [6.07, 6.45) is 4.77. The van der Waals surface area contributed by atoms with Crippen molar-refractivity contribution in [1.82, 2.24) is 0 Å². The average Bonchev–Trinajstić information content (AvgIpc) is 2.16. The van der Waals surface area contributed by atoms with Gasteiger partial charge in [0.2, 0.25) is 0 Å². The molecule has 80 valence electrons. The molecule has 0 N–H and O–H groups in total. The first-order chi connectivity index (χ1) is 6.31. The van der Waals surface area contributed by atoms with E-state index in [1.807, 2.05) is 20.8 Å². The second-order valence-corrected chi connectivity index (χ2v) is 2.68. The lowest BCUT2D eigenvalue weighted by atomic mass is 10.3. The quantitative estimate of drug-likeness (QED) is 0.470. The van der Waals surface area contributed by atoms with Crippen LogP contribution in [0.15, 0.2) is 0 Å². The molecule has 0 saturated carbocycles. The van der Waals surface area contributed by atoms with Crippen LogP contribution in [0.1, 0.15) is 59.8 Å². The largest absolute Gasteiger partial charge is 0.466 e. The molecule has 0 amide bonds. The van der Waals surface area contributed by atoms with Gasteiger partial charge < -0.3 is 4.74 Å². The van der Waals surface area contributed by atoms with E-state index >= 15 is 0 Å². The number of hydrogen-bond donors (Lipinski definition) is 0. The highest BCUT2D eigenvalue weighted by Gasteiger charge is 1.98. The lowest BCUT2D eigenvalue weighted by Crippen LogP contribution is -2.04. The molecular weight excluding hydrogens is 164 g/mol. The molecule has 0 atom stereocenters. The van der Waals surface area contributed by atoms with E-state index in [1.54, 1.807) is 0 Å². The van der Waals surface area contributed by atoms with Gasteiger partial charge in [-0.15, -0.1) is 0 Å². The van der Waals surface area contributed by atoms with Gasteiger partial charge in [0.05, 0.1) is 6.61 Å². The van der Waals surface area contributed by atoms with Crippen LogP contribution >= 0.6 is 0 Å². The van der Waals surface area contributed by atoms with Crippen LogP contribution in [0, 0.1) is 0 Å². The van der Waals surface area contributed by atoms with Crippen molar-refractivity contribution in [2.45, 2.75) is 59.8 Å². The summed E-state index contributed by atoms with van der Waals surface area (Å²) >= 11 is 0. The first-order valence-electron chi connectivity index (χ1n) is 5.46. The van der Waals surface area contributed by atoms with E-state index < -0.39 is 0 Å². The van der Waals surface area contributed by atoms with Crippen molar-refractivity contribution < 1.29 is 9.53 Å². The van der Waals surface area contributed by atoms with E-state index in [9.17, 15) is 4.79 Å². The van der Waals surface area contributed by atoms with Crippen molar-refractivity contribution in [3.63, 3.8) is 0 Å². The highest BCUT2D eigenvalue weighted by atomic mass is 16.5. The summed E-state index contributed by atoms with van der Waals surface area (Å²) in [5, 5.41) is 0. The second-order valence-electron chi connectivity index (χ2n) is 2.68. The standard InChI is InChI=1S/C9H18O2.C2H6/c1-3-5-6-8-11-9(10)7-4-2;1-2/h3-8H2,1-2H3;1-2H3. The van der Waals surface area contributed by atoms with Gasteiger partial charge in [0.15, 0.2) is 0 Å². The smallest absolute Gasteiger partial charge is 0.305 e. The molecule has 0 spiro atoms. The van der Waals surface area contributed by atoms with Gasteiger partial charge in [-0.25, -0.2) is 0 Å². The highest BCUT2D eigenvalue weighted by Crippen LogP contribution is 1.96. The van der Waals surface area contributed by atoms with Crippen LogP contribution < -0.4 is 0 Å². The number of hydrogen-bond acceptors (Lipinski definition) is 2. The fourth-order valence-corrected chi connectivity index (χ4v) is 0.814. The molecule has 0 aliphatic carbocycles. The Balaban J connectivity index is 0. The van der Waals surface area contributed by atoms with Gasteiger partial charge in [-0.3, -0.25) is 4.79 Å². The van der Waals surface area contributed by atoms with Crippen LogP contribution in [-0.4, -0.2) is 12.6 Å². The zero-order valence-corrected chi connectivity index (χ0v) is 9.56. The van der Waals surface area contributed by atoms with Gasteiger partial charge in [-0.05, 0) is 12.8 Å². The number of rotatable bonds is 6. The number of carbonyl (C=O) groups excluding carboxylic acids is 1. The summed E-state index contributed by atoms with van der Waals surface area (Å²) in [6, 6.07) is 0. The summed E-state index contributed by atoms with van der Waals surface area (Å²) in [5.41, 5.74) is 0. The zero-order valence-electron chi connectivity index (χ0n) is 9.56. The maximum atomic E-state index is 10.8. The van der Waals surface area contributed by atoms with Crippen LogP contribution in [0.5, 0.6) is 0 Å². The molecule has 0 aromatic rings. The number of unbranched alkanes of at least 4 members (excludes halogenated alkanes) is 2. The Kier molecular flexibility index (Phi) is 16.1. The van der Waals surface area contributed by atoms with Gasteiger partial charge >= 0.3 is 5.97 Å². The molecule has 0 saturated heterocycles. The normalized spacial score (nSPS) is 8.62. The fraction of sp³-hybridized carbons (Fsp3) is 0.909. The van der Waals surface area contributed by atoms with Crippen molar-refractivity contribution in [2.24, 2.45) is 0 Å². The van der Waals surface area contributed by atoms with Gasteiger partial charge in [0.1, 0.15) is 0 Å². The average molecular weight is 188 g/mol. The molecule has 0 aliphatic rings. The topological polar surface area (TPSA) is 26.3 Å². The molecule has 0 heterocycles. The molecule has 2 heteroatoms. The van der Waals surface area contributed by atoms with Crippen molar-refractivity contribution in [2.75, 3.05) is 6.61 Å². The second kappa shape index (κ2) is 14.0. The zero-order chi connectivity index (χ0) is 10.5. The SMILES string of the molecule is CC.CCCCCOC(=O)CCC. The molecule has 0 aromatic heterocycles. The van der Waals surface area contributed by atoms with Gasteiger partial charge in [-0.2, -0.15) is 0 Å². The van der Waals surface area contributed by atoms with Crippen molar-refractivity contribution >= 4 is 5.97 Å². The predicted molar refractivity (Wildman–Crippen MR) is 56.7 cm³/mol. The molecule has 2 nitrogen and oxygen atoms in total. The minimum absolute atomic E-state index is 0.0522. The van der Waals surface area contributed by atoms with Crippen molar-refractivity contribution in [3.8, 4) is 0 Å². The van der Waals surface area contributed by atoms with Crippen LogP contribution in [0.4, 0.5) is 0 Å². The van der Waals surface area contributed by atoms with E-state index in [2.05, 4.69) is 6.92 Å². The third kappa shape index (κ3) is 14.3. The maximum absolute atomic E-state index is 10.8. The highest BCUT2D eigenvalue weighted by molar-refractivity contribution is 5.69. The molecule has 0 radical (unpaired) electrons. The van der Waals surface area contributed by atoms with Gasteiger partial charge in [0, 0.05) is 6.42 Å². The van der Waals surface area contributed by atoms with Crippen molar-refractivity contribution in [1.29, 1.82) is 0 Å². The third-order valence-corrected chi connectivity index (χ3v) is 1.47. The summed E-state index contributed by atoms with van der Waals surface area (Å²) < 4.78 is 4.95. The third-order valence-electron chi connectivity index (χ3n) is 1.47. The molecule has 0 bridgehead atoms. The fourth-order valence-electron chi connectivity index (χ4n) is 0.814. The number of carbonyl (C=O) groups is 1. The van der Waals surface area contributed by atoms with Crippen LogP contribution in [0.3, 0.4) is 0 Å². The Labute approximate surface area is 82.7 Å². The van der Waals surface area contributed by atoms with E-state index in [0.717, 1.165) is 19.3 Å². The molecule has 13 heavy (non-hydrogen) atoms. The summed E-state index contributed by atoms with van der Waals surface area (Å²) in [4.78, 5) is 10.8. The Morgan fingerprint density at radius 3 is 2.15 bits per heavy atom. The molecule has 0 fully saturated rings. The molecule has 0 unspecified atom stereocenters. The van der Waals surface area contributed by atoms with E-state index in [4.69, 9.17) is 4.74 Å². The van der Waals surface area contributed by atoms with Gasteiger partial charge in [-0.1, -0.05) is 40.5 Å². The monoisotopic (exact) mass is 188 g/mol. The summed E-state index contributed by atoms with van der Waals surface area (Å²) in [7, 11) is 0. The first-order valence-corrected chi connectivity index (χ1v) is 5.46. The minimum Gasteiger partial charge on any atom is -0.466 e. The van der Waals surface area contributed by atoms with E-state index in [1.165, 1.54) is 6.42 Å². The number of ether oxygens (including phenoxy) is 1. The Morgan fingerprint density at radius 2 is 1.69 bits per heavy atom. The summed E-state index contributed by atoms with van der Waals surface area (Å²) in [6.45, 7) is 8.72. The molecule has 0 aliphatic heterocycles. The minimum atomic E-state index is -0.0522. The van der Waals surface area contributed by atoms with Crippen molar-refractivity contribution in [3.05, 3.63) is 0 Å². The molecule has 0 aromatic carbocycles. The lowest BCUT2D eigenvalue weighted by molar-refractivity contribution is -0.143. The Morgan fingerprint density at radius 1 is 1.08 bits per heavy atom. The number of esters is 1. The molecule has 0 rings (SSSR count). The Hall–Kier alpha value is -0.530. The molecular formula is C11H24O2. The van der Waals surface area contributed by atoms with E-state index in [-0.39, 0.29) is 5.97 Å². The van der Waals surface area contributed by atoms with Crippen LogP contribution in [0.2, 0.25) is 0 Å². The first kappa shape index (κ1) is 15.0. The summed E-state index contributed by atoms with van der Waals surface area (Å²) in [5.74, 6) is -0.0522. The lowest BCUT2D eigenvalue weighted by Gasteiger charge is -2.01. The van der Waals surface area contributed by atoms with Crippen LogP contribution in [-0.2, 0) is 9.53 Å². The van der Waals surface area contributed by atoms with E-state index in [0.29, 0.717) is 13.0 Å². The van der Waals surface area contributed by atoms with Crippen LogP contribution in [0.25, 0.3) is 0 Å².